The molecule has 15 heavy (non-hydrogen) atoms. The Morgan fingerprint density at radius 3 is 2.73 bits per heavy atom. The van der Waals surface area contributed by atoms with Crippen LogP contribution in [0.5, 0.6) is 0 Å². The van der Waals surface area contributed by atoms with Gasteiger partial charge >= 0.3 is 0 Å². The number of fused-ring (bicyclic) bond motifs is 1. The van der Waals surface area contributed by atoms with Gasteiger partial charge in [0.05, 0.1) is 5.69 Å². The van der Waals surface area contributed by atoms with Crippen LogP contribution in [0.15, 0.2) is 36.5 Å². The van der Waals surface area contributed by atoms with Crippen molar-refractivity contribution in [2.75, 3.05) is 6.54 Å². The van der Waals surface area contributed by atoms with Crippen molar-refractivity contribution in [1.29, 1.82) is 0 Å². The smallest absolute Gasteiger partial charge is 0.0556 e. The topological polar surface area (TPSA) is 38.9 Å². The minimum atomic E-state index is 0.181. The van der Waals surface area contributed by atoms with Crippen LogP contribution in [-0.4, -0.2) is 11.5 Å². The number of pyridine rings is 1. The van der Waals surface area contributed by atoms with E-state index in [1.165, 1.54) is 29.3 Å². The van der Waals surface area contributed by atoms with Crippen LogP contribution in [0.25, 0.3) is 10.8 Å². The number of nitrogens with two attached hydrogens (primary N) is 1. The van der Waals surface area contributed by atoms with Crippen LogP contribution in [-0.2, 0) is 5.41 Å². The highest BCUT2D eigenvalue weighted by Crippen LogP contribution is 2.48. The lowest BCUT2D eigenvalue weighted by Crippen LogP contribution is -2.21. The highest BCUT2D eigenvalue weighted by atomic mass is 14.8. The van der Waals surface area contributed by atoms with Crippen molar-refractivity contribution >= 4 is 10.8 Å². The molecule has 1 aliphatic rings. The van der Waals surface area contributed by atoms with E-state index in [0.717, 1.165) is 0 Å². The lowest BCUT2D eigenvalue weighted by Gasteiger charge is -2.14. The predicted octanol–water partition coefficient (Wildman–Crippen LogP) is 2.23. The van der Waals surface area contributed by atoms with Crippen LogP contribution in [0.2, 0.25) is 0 Å². The fraction of sp³-hybridized carbons (Fsp3) is 0.308. The van der Waals surface area contributed by atoms with Crippen LogP contribution < -0.4 is 5.73 Å². The van der Waals surface area contributed by atoms with E-state index in [1.807, 2.05) is 6.20 Å². The van der Waals surface area contributed by atoms with Crippen LogP contribution in [0.1, 0.15) is 18.5 Å². The molecule has 0 aliphatic heterocycles. The molecule has 1 saturated carbocycles. The summed E-state index contributed by atoms with van der Waals surface area (Å²) in [4.78, 5) is 4.53. The summed E-state index contributed by atoms with van der Waals surface area (Å²) in [6.07, 6.45) is 4.27. The minimum Gasteiger partial charge on any atom is -0.330 e. The third-order valence-corrected chi connectivity index (χ3v) is 3.42. The monoisotopic (exact) mass is 198 g/mol. The molecule has 3 rings (SSSR count). The highest BCUT2D eigenvalue weighted by Gasteiger charge is 2.45. The number of hydrogen-bond acceptors (Lipinski definition) is 2. The molecule has 2 heteroatoms. The summed E-state index contributed by atoms with van der Waals surface area (Å²) in [5, 5.41) is 2.53. The fourth-order valence-electron chi connectivity index (χ4n) is 2.23. The molecule has 0 radical (unpaired) electrons. The van der Waals surface area contributed by atoms with E-state index in [4.69, 9.17) is 5.73 Å². The van der Waals surface area contributed by atoms with Gasteiger partial charge < -0.3 is 5.73 Å². The number of hydrogen-bond donors (Lipinski definition) is 1. The first-order valence-electron chi connectivity index (χ1n) is 5.40. The average Bonchev–Trinajstić information content (AvgIpc) is 3.09. The van der Waals surface area contributed by atoms with Gasteiger partial charge in [-0.2, -0.15) is 0 Å². The Bertz CT molecular complexity index is 495. The van der Waals surface area contributed by atoms with Crippen molar-refractivity contribution in [3.8, 4) is 0 Å². The summed E-state index contributed by atoms with van der Waals surface area (Å²) in [5.41, 5.74) is 7.23. The Kier molecular flexibility index (Phi) is 1.80. The zero-order valence-electron chi connectivity index (χ0n) is 8.61. The number of benzene rings is 1. The van der Waals surface area contributed by atoms with E-state index in [0.29, 0.717) is 6.54 Å². The van der Waals surface area contributed by atoms with Gasteiger partial charge in [0.1, 0.15) is 0 Å². The maximum absolute atomic E-state index is 5.85. The van der Waals surface area contributed by atoms with Gasteiger partial charge in [0.2, 0.25) is 0 Å². The first-order valence-corrected chi connectivity index (χ1v) is 5.40. The molecule has 1 heterocycles. The Balaban J connectivity index is 2.27. The Labute approximate surface area is 89.1 Å². The SMILES string of the molecule is NCC1(c2nccc3ccccc23)CC1. The van der Waals surface area contributed by atoms with E-state index in [1.54, 1.807) is 0 Å². The lowest BCUT2D eigenvalue weighted by molar-refractivity contribution is 0.686. The molecule has 0 atom stereocenters. The lowest BCUT2D eigenvalue weighted by atomic mass is 9.97. The Morgan fingerprint density at radius 2 is 2.00 bits per heavy atom. The Morgan fingerprint density at radius 1 is 1.20 bits per heavy atom. The second kappa shape index (κ2) is 3.04. The molecule has 2 N–H and O–H groups in total. The van der Waals surface area contributed by atoms with Gasteiger partial charge in [-0.25, -0.2) is 0 Å². The first kappa shape index (κ1) is 8.86. The summed E-state index contributed by atoms with van der Waals surface area (Å²) < 4.78 is 0. The maximum Gasteiger partial charge on any atom is 0.0556 e. The highest BCUT2D eigenvalue weighted by molar-refractivity contribution is 5.85. The van der Waals surface area contributed by atoms with E-state index in [9.17, 15) is 0 Å². The van der Waals surface area contributed by atoms with Crippen molar-refractivity contribution in [3.05, 3.63) is 42.2 Å². The van der Waals surface area contributed by atoms with Gasteiger partial charge in [-0.15, -0.1) is 0 Å². The van der Waals surface area contributed by atoms with Gasteiger partial charge in [-0.1, -0.05) is 24.3 Å². The molecule has 0 amide bonds. The van der Waals surface area contributed by atoms with Crippen LogP contribution in [0.3, 0.4) is 0 Å². The fourth-order valence-corrected chi connectivity index (χ4v) is 2.23. The summed E-state index contributed by atoms with van der Waals surface area (Å²) in [6, 6.07) is 10.5. The zero-order valence-corrected chi connectivity index (χ0v) is 8.61. The van der Waals surface area contributed by atoms with Gasteiger partial charge in [0, 0.05) is 23.5 Å². The molecule has 1 aromatic heterocycles. The molecule has 0 spiro atoms. The Hall–Kier alpha value is -1.41. The van der Waals surface area contributed by atoms with E-state index in [2.05, 4.69) is 35.3 Å². The molecule has 1 aliphatic carbocycles. The number of aromatic nitrogens is 1. The summed E-state index contributed by atoms with van der Waals surface area (Å²) in [5.74, 6) is 0. The van der Waals surface area contributed by atoms with Crippen molar-refractivity contribution in [2.45, 2.75) is 18.3 Å². The van der Waals surface area contributed by atoms with Crippen LogP contribution in [0, 0.1) is 0 Å². The van der Waals surface area contributed by atoms with Gasteiger partial charge in [-0.3, -0.25) is 4.98 Å². The maximum atomic E-state index is 5.85. The quantitative estimate of drug-likeness (QED) is 0.803. The molecule has 0 saturated heterocycles. The molecule has 1 aromatic carbocycles. The molecule has 2 aromatic rings. The molecule has 76 valence electrons. The summed E-state index contributed by atoms with van der Waals surface area (Å²) in [7, 11) is 0. The molecular formula is C13H14N2. The van der Waals surface area contributed by atoms with Crippen molar-refractivity contribution in [1.82, 2.24) is 4.98 Å². The molecular weight excluding hydrogens is 184 g/mol. The largest absolute Gasteiger partial charge is 0.330 e. The van der Waals surface area contributed by atoms with Crippen LogP contribution in [0.4, 0.5) is 0 Å². The summed E-state index contributed by atoms with van der Waals surface area (Å²) >= 11 is 0. The molecule has 0 unspecified atom stereocenters. The van der Waals surface area contributed by atoms with Crippen LogP contribution >= 0.6 is 0 Å². The summed E-state index contributed by atoms with van der Waals surface area (Å²) in [6.45, 7) is 0.716. The van der Waals surface area contributed by atoms with Gasteiger partial charge in [0.15, 0.2) is 0 Å². The minimum absolute atomic E-state index is 0.181. The molecule has 2 nitrogen and oxygen atoms in total. The zero-order chi connectivity index (χ0) is 10.3. The van der Waals surface area contributed by atoms with Crippen molar-refractivity contribution < 1.29 is 0 Å². The third-order valence-electron chi connectivity index (χ3n) is 3.42. The predicted molar refractivity (Wildman–Crippen MR) is 61.7 cm³/mol. The second-order valence-corrected chi connectivity index (χ2v) is 4.37. The van der Waals surface area contributed by atoms with Gasteiger partial charge in [0.25, 0.3) is 0 Å². The van der Waals surface area contributed by atoms with Gasteiger partial charge in [-0.05, 0) is 24.3 Å². The van der Waals surface area contributed by atoms with E-state index in [-0.39, 0.29) is 5.41 Å². The average molecular weight is 198 g/mol. The van der Waals surface area contributed by atoms with Crippen molar-refractivity contribution in [2.24, 2.45) is 5.73 Å². The normalized spacial score (nSPS) is 17.9. The van der Waals surface area contributed by atoms with Crippen molar-refractivity contribution in [3.63, 3.8) is 0 Å². The number of nitrogens with zero attached hydrogens (tertiary/aromatic N) is 1. The number of rotatable bonds is 2. The van der Waals surface area contributed by atoms with E-state index >= 15 is 0 Å². The standard InChI is InChI=1S/C13H14N2/c14-9-13(6-7-13)12-11-4-2-1-3-10(11)5-8-15-12/h1-5,8H,6-7,9,14H2. The molecule has 0 bridgehead atoms. The second-order valence-electron chi connectivity index (χ2n) is 4.37. The third kappa shape index (κ3) is 1.25. The first-order chi connectivity index (χ1) is 7.36. The molecule has 1 fully saturated rings. The van der Waals surface area contributed by atoms with E-state index < -0.39 is 0 Å².